The van der Waals surface area contributed by atoms with E-state index >= 15 is 0 Å². The zero-order chi connectivity index (χ0) is 46.8. The molecule has 2 nitrogen and oxygen atoms in total. The van der Waals surface area contributed by atoms with E-state index < -0.39 is 0 Å². The van der Waals surface area contributed by atoms with Crippen molar-refractivity contribution >= 4 is 28.4 Å². The van der Waals surface area contributed by atoms with Gasteiger partial charge in [0.05, 0.1) is 0 Å². The van der Waals surface area contributed by atoms with Gasteiger partial charge < -0.3 is 9.80 Å². The minimum Gasteiger partial charge on any atom is -0.345 e. The van der Waals surface area contributed by atoms with Crippen LogP contribution in [-0.2, 0) is 18.3 Å². The quantitative estimate of drug-likeness (QED) is 0.107. The van der Waals surface area contributed by atoms with Crippen LogP contribution in [0.2, 0.25) is 0 Å². The van der Waals surface area contributed by atoms with Crippen LogP contribution in [0.1, 0.15) is 79.8 Å². The lowest BCUT2D eigenvalue weighted by Crippen LogP contribution is -2.22. The third-order valence-electron chi connectivity index (χ3n) is 15.1. The predicted molar refractivity (Wildman–Crippen MR) is 291 cm³/mol. The van der Waals surface area contributed by atoms with Crippen molar-refractivity contribution in [3.05, 3.63) is 246 Å². The summed E-state index contributed by atoms with van der Waals surface area (Å²) < 4.78 is 0. The second kappa shape index (κ2) is 19.1. The van der Waals surface area contributed by atoms with Crippen molar-refractivity contribution in [1.82, 2.24) is 0 Å². The molecule has 0 radical (unpaired) electrons. The summed E-state index contributed by atoms with van der Waals surface area (Å²) >= 11 is 0. The molecule has 0 saturated carbocycles. The fourth-order valence-corrected chi connectivity index (χ4v) is 9.92. The number of anilines is 5. The summed E-state index contributed by atoms with van der Waals surface area (Å²) in [6.45, 7) is 11.4. The van der Waals surface area contributed by atoms with Gasteiger partial charge >= 0.3 is 0 Å². The molecule has 0 aromatic heterocycles. The van der Waals surface area contributed by atoms with Crippen molar-refractivity contribution in [2.45, 2.75) is 71.6 Å². The number of rotatable bonds is 14. The summed E-state index contributed by atoms with van der Waals surface area (Å²) in [5.41, 5.74) is 23.8. The Morgan fingerprint density at radius 1 is 0.426 bits per heavy atom. The number of hydrogen-bond acceptors (Lipinski definition) is 2. The molecule has 0 aliphatic heterocycles. The molecule has 10 rings (SSSR count). The fourth-order valence-electron chi connectivity index (χ4n) is 9.92. The lowest BCUT2D eigenvalue weighted by Gasteiger charge is -2.30. The van der Waals surface area contributed by atoms with Crippen LogP contribution in [-0.4, -0.2) is 7.05 Å². The highest BCUT2D eigenvalue weighted by Gasteiger charge is 2.27. The van der Waals surface area contributed by atoms with Crippen LogP contribution < -0.4 is 9.80 Å². The first-order valence-electron chi connectivity index (χ1n) is 24.6. The Morgan fingerprint density at radius 3 is 1.28 bits per heavy atom. The Kier molecular flexibility index (Phi) is 12.4. The van der Waals surface area contributed by atoms with Crippen LogP contribution in [0.4, 0.5) is 28.4 Å². The number of hydrogen-bond donors (Lipinski definition) is 0. The molecule has 9 aromatic carbocycles. The van der Waals surface area contributed by atoms with Crippen LogP contribution in [0.25, 0.3) is 44.5 Å². The van der Waals surface area contributed by atoms with E-state index in [0.717, 1.165) is 35.6 Å². The largest absolute Gasteiger partial charge is 0.345 e. The van der Waals surface area contributed by atoms with Crippen molar-refractivity contribution in [3.8, 4) is 44.5 Å². The van der Waals surface area contributed by atoms with E-state index in [4.69, 9.17) is 0 Å². The molecule has 68 heavy (non-hydrogen) atoms. The molecule has 2 unspecified atom stereocenters. The summed E-state index contributed by atoms with van der Waals surface area (Å²) in [6, 6.07) is 79.2. The third-order valence-corrected chi connectivity index (χ3v) is 15.1. The Balaban J connectivity index is 0.875. The van der Waals surface area contributed by atoms with Gasteiger partial charge in [0.15, 0.2) is 0 Å². The van der Waals surface area contributed by atoms with Crippen LogP contribution in [0.3, 0.4) is 0 Å². The molecule has 9 aromatic rings. The van der Waals surface area contributed by atoms with Crippen molar-refractivity contribution in [1.29, 1.82) is 0 Å². The van der Waals surface area contributed by atoms with E-state index in [1.54, 1.807) is 0 Å². The predicted octanol–water partition coefficient (Wildman–Crippen LogP) is 18.2. The van der Waals surface area contributed by atoms with Crippen LogP contribution in [0.5, 0.6) is 0 Å². The number of fused-ring (bicyclic) bond motifs is 1. The van der Waals surface area contributed by atoms with Crippen LogP contribution in [0, 0.1) is 6.92 Å². The SMILES string of the molecule is CCC(C)c1ccc(N(c2ccc(-c3ccc(N(C)c4cccc(-c5ccc6c(c5)CC6)c4)cc3)cc2)c2ccc(-c3ccc(C(C)(CC)c4ccc(-c5ccc(C)cc5)cc4)cc3)cc2)cc1. The zero-order valence-electron chi connectivity index (χ0n) is 40.5. The van der Waals surface area contributed by atoms with Gasteiger partial charge in [-0.1, -0.05) is 185 Å². The minimum atomic E-state index is -0.0920. The molecule has 2 atom stereocenters. The third kappa shape index (κ3) is 8.92. The number of aryl methyl sites for hydroxylation is 3. The first kappa shape index (κ1) is 44.4. The highest BCUT2D eigenvalue weighted by atomic mass is 15.1. The molecular weight excluding hydrogens is 821 g/mol. The van der Waals surface area contributed by atoms with Gasteiger partial charge in [-0.25, -0.2) is 0 Å². The maximum absolute atomic E-state index is 2.38. The lowest BCUT2D eigenvalue weighted by atomic mass is 9.74. The molecule has 336 valence electrons. The van der Waals surface area contributed by atoms with Crippen molar-refractivity contribution in [3.63, 3.8) is 0 Å². The van der Waals surface area contributed by atoms with Gasteiger partial charge in [0.2, 0.25) is 0 Å². The topological polar surface area (TPSA) is 6.48 Å². The Labute approximate surface area is 405 Å². The summed E-state index contributed by atoms with van der Waals surface area (Å²) in [4.78, 5) is 4.65. The minimum absolute atomic E-state index is 0.0920. The Morgan fingerprint density at radius 2 is 0.838 bits per heavy atom. The van der Waals surface area contributed by atoms with E-state index in [1.807, 2.05) is 0 Å². The molecule has 1 aliphatic rings. The second-order valence-electron chi connectivity index (χ2n) is 19.2. The normalized spacial score (nSPS) is 13.2. The van der Waals surface area contributed by atoms with Crippen LogP contribution >= 0.6 is 0 Å². The highest BCUT2D eigenvalue weighted by molar-refractivity contribution is 5.81. The second-order valence-corrected chi connectivity index (χ2v) is 19.2. The molecule has 0 bridgehead atoms. The Hall–Kier alpha value is -7.42. The van der Waals surface area contributed by atoms with E-state index in [2.05, 4.69) is 264 Å². The molecular formula is C66H62N2. The molecule has 1 aliphatic carbocycles. The summed E-state index contributed by atoms with van der Waals surface area (Å²) in [6.07, 6.45) is 4.53. The maximum atomic E-state index is 2.38. The monoisotopic (exact) mass is 882 g/mol. The lowest BCUT2D eigenvalue weighted by molar-refractivity contribution is 0.550. The molecule has 2 heteroatoms. The van der Waals surface area contributed by atoms with E-state index in [9.17, 15) is 0 Å². The molecule has 0 saturated heterocycles. The first-order chi connectivity index (χ1) is 33.2. The van der Waals surface area contributed by atoms with Crippen molar-refractivity contribution < 1.29 is 0 Å². The molecule has 0 fully saturated rings. The highest BCUT2D eigenvalue weighted by Crippen LogP contribution is 2.41. The van der Waals surface area contributed by atoms with Crippen molar-refractivity contribution in [2.24, 2.45) is 0 Å². The van der Waals surface area contributed by atoms with E-state index in [0.29, 0.717) is 5.92 Å². The molecule has 0 amide bonds. The van der Waals surface area contributed by atoms with Gasteiger partial charge in [0.1, 0.15) is 0 Å². The number of benzene rings is 9. The van der Waals surface area contributed by atoms with Gasteiger partial charge in [-0.15, -0.1) is 0 Å². The maximum Gasteiger partial charge on any atom is 0.0462 e. The van der Waals surface area contributed by atoms with E-state index in [1.165, 1.54) is 96.4 Å². The smallest absolute Gasteiger partial charge is 0.0462 e. The van der Waals surface area contributed by atoms with Gasteiger partial charge in [0.25, 0.3) is 0 Å². The van der Waals surface area contributed by atoms with Crippen LogP contribution in [0.15, 0.2) is 212 Å². The van der Waals surface area contributed by atoms with Gasteiger partial charge in [0, 0.05) is 40.9 Å². The van der Waals surface area contributed by atoms with Crippen molar-refractivity contribution in [2.75, 3.05) is 16.8 Å². The van der Waals surface area contributed by atoms with Gasteiger partial charge in [-0.05, 0) is 172 Å². The summed E-state index contributed by atoms with van der Waals surface area (Å²) in [7, 11) is 2.16. The van der Waals surface area contributed by atoms with Gasteiger partial charge in [-0.3, -0.25) is 0 Å². The average molecular weight is 883 g/mol. The average Bonchev–Trinajstić information content (AvgIpc) is 3.39. The Bertz CT molecular complexity index is 3130. The van der Waals surface area contributed by atoms with Gasteiger partial charge in [-0.2, -0.15) is 0 Å². The molecule has 0 heterocycles. The zero-order valence-corrected chi connectivity index (χ0v) is 40.5. The summed E-state index contributed by atoms with van der Waals surface area (Å²) in [5.74, 6) is 0.517. The summed E-state index contributed by atoms with van der Waals surface area (Å²) in [5, 5.41) is 0. The standard InChI is InChI=1S/C66H62N2/c1-7-47(4)48-24-38-62(39-25-48)68(63-40-28-53(29-41-63)51-22-34-60(35-23-51)66(5,8-2)59-32-20-50(21-33-59)49-14-12-46(3)13-15-49)64-42-30-54(31-43-64)52-26-36-61(37-27-52)67(6)65-11-9-10-56(45-65)58-19-17-55-16-18-57(55)44-58/h9-15,17,19-45,47H,7-8,16,18H2,1-6H3. The molecule has 0 spiro atoms. The fraction of sp³-hybridized carbons (Fsp3) is 0.182. The first-order valence-corrected chi connectivity index (χ1v) is 24.6. The molecule has 0 N–H and O–H groups in total. The van der Waals surface area contributed by atoms with E-state index in [-0.39, 0.29) is 5.41 Å². The number of nitrogens with zero attached hydrogens (tertiary/aromatic N) is 2.